The second-order valence-corrected chi connectivity index (χ2v) is 2.18. The van der Waals surface area contributed by atoms with Gasteiger partial charge < -0.3 is 15.6 Å². The molecule has 0 aliphatic heterocycles. The molecular weight excluding hydrogens is 160 g/mol. The maximum atomic E-state index is 10.8. The van der Waals surface area contributed by atoms with Crippen LogP contribution in [0, 0.1) is 5.21 Å². The molecular formula is C6H10N4O2. The Morgan fingerprint density at radius 2 is 2.50 bits per heavy atom. The zero-order valence-electron chi connectivity index (χ0n) is 6.40. The molecule has 0 saturated carbocycles. The topological polar surface area (TPSA) is 98.1 Å². The fraction of sp³-hybridized carbons (Fsp3) is 0.333. The van der Waals surface area contributed by atoms with Crippen LogP contribution in [-0.2, 0) is 0 Å². The van der Waals surface area contributed by atoms with E-state index in [2.05, 4.69) is 10.3 Å². The van der Waals surface area contributed by atoms with Gasteiger partial charge >= 0.3 is 5.95 Å². The summed E-state index contributed by atoms with van der Waals surface area (Å²) in [4.78, 5) is 3.62. The molecule has 0 aliphatic rings. The van der Waals surface area contributed by atoms with E-state index in [9.17, 15) is 5.21 Å². The maximum Gasteiger partial charge on any atom is 0.389 e. The molecule has 1 aromatic rings. The highest BCUT2D eigenvalue weighted by atomic mass is 16.5. The van der Waals surface area contributed by atoms with Crippen molar-refractivity contribution >= 4 is 11.6 Å². The second kappa shape index (κ2) is 3.72. The van der Waals surface area contributed by atoms with Gasteiger partial charge in [-0.15, -0.1) is 0 Å². The minimum Gasteiger partial charge on any atom is -0.740 e. The standard InChI is InChI=1S/C6H10N4O2/c7-6-9-3-5(4-10(6)12)8-1-2-11/h3-4,8,11H,1-2H2,(H2,7,9). The van der Waals surface area contributed by atoms with Crippen LogP contribution < -0.4 is 15.8 Å². The van der Waals surface area contributed by atoms with Crippen LogP contribution in [-0.4, -0.2) is 23.2 Å². The lowest BCUT2D eigenvalue weighted by Crippen LogP contribution is -2.31. The molecule has 66 valence electrons. The van der Waals surface area contributed by atoms with Gasteiger partial charge in [0, 0.05) is 6.54 Å². The third kappa shape index (κ3) is 1.96. The number of aliphatic hydroxyl groups excluding tert-OH is 1. The van der Waals surface area contributed by atoms with Crippen molar-refractivity contribution in [3.63, 3.8) is 0 Å². The lowest BCUT2D eigenvalue weighted by Gasteiger charge is -2.07. The first-order valence-corrected chi connectivity index (χ1v) is 3.43. The summed E-state index contributed by atoms with van der Waals surface area (Å²) in [6.07, 6.45) is 2.69. The lowest BCUT2D eigenvalue weighted by atomic mass is 10.5. The van der Waals surface area contributed by atoms with Crippen molar-refractivity contribution in [3.8, 4) is 0 Å². The van der Waals surface area contributed by atoms with Gasteiger partial charge in [-0.05, 0) is 0 Å². The van der Waals surface area contributed by atoms with Crippen LogP contribution in [0.1, 0.15) is 0 Å². The molecule has 0 spiro atoms. The number of nitrogen functional groups attached to an aromatic ring is 1. The van der Waals surface area contributed by atoms with E-state index in [1.165, 1.54) is 12.4 Å². The molecule has 1 heterocycles. The molecule has 0 aromatic carbocycles. The number of hydrogen-bond donors (Lipinski definition) is 3. The molecule has 0 atom stereocenters. The van der Waals surface area contributed by atoms with E-state index in [1.54, 1.807) is 0 Å². The van der Waals surface area contributed by atoms with Crippen LogP contribution in [0.2, 0.25) is 0 Å². The fourth-order valence-electron chi connectivity index (χ4n) is 0.710. The normalized spacial score (nSPS) is 9.75. The van der Waals surface area contributed by atoms with E-state index in [1.807, 2.05) is 0 Å². The van der Waals surface area contributed by atoms with Crippen molar-refractivity contribution in [2.45, 2.75) is 0 Å². The SMILES string of the molecule is Nc1ncc(NCCO)c[n+]1[O-]. The van der Waals surface area contributed by atoms with Gasteiger partial charge in [0.1, 0.15) is 11.9 Å². The summed E-state index contributed by atoms with van der Waals surface area (Å²) in [6.45, 7) is 0.384. The second-order valence-electron chi connectivity index (χ2n) is 2.18. The highest BCUT2D eigenvalue weighted by Gasteiger charge is 2.00. The lowest BCUT2D eigenvalue weighted by molar-refractivity contribution is -0.591. The molecule has 1 aromatic heterocycles. The fourth-order valence-corrected chi connectivity index (χ4v) is 0.710. The Morgan fingerprint density at radius 1 is 1.75 bits per heavy atom. The Bertz CT molecular complexity index is 266. The highest BCUT2D eigenvalue weighted by Crippen LogP contribution is 2.00. The van der Waals surface area contributed by atoms with Crippen LogP contribution in [0.5, 0.6) is 0 Å². The van der Waals surface area contributed by atoms with Crippen molar-refractivity contribution in [2.75, 3.05) is 24.2 Å². The first-order chi connectivity index (χ1) is 5.74. The largest absolute Gasteiger partial charge is 0.740 e. The molecule has 0 radical (unpaired) electrons. The van der Waals surface area contributed by atoms with E-state index in [-0.39, 0.29) is 12.6 Å². The van der Waals surface area contributed by atoms with Crippen molar-refractivity contribution < 1.29 is 9.84 Å². The summed E-state index contributed by atoms with van der Waals surface area (Å²) in [5, 5.41) is 22.1. The Labute approximate surface area is 69.2 Å². The summed E-state index contributed by atoms with van der Waals surface area (Å²) >= 11 is 0. The molecule has 0 bridgehead atoms. The van der Waals surface area contributed by atoms with Gasteiger partial charge in [0.2, 0.25) is 0 Å². The molecule has 4 N–H and O–H groups in total. The minimum absolute atomic E-state index is 0.00321. The third-order valence-corrected chi connectivity index (χ3v) is 1.26. The Hall–Kier alpha value is -1.56. The first kappa shape index (κ1) is 8.54. The highest BCUT2D eigenvalue weighted by molar-refractivity contribution is 5.37. The van der Waals surface area contributed by atoms with Crippen LogP contribution in [0.25, 0.3) is 0 Å². The molecule has 0 saturated heterocycles. The van der Waals surface area contributed by atoms with Gasteiger partial charge in [0.05, 0.1) is 12.8 Å². The Balaban J connectivity index is 2.69. The number of nitrogens with one attached hydrogen (secondary N) is 1. The number of rotatable bonds is 3. The minimum atomic E-state index is -0.0930. The summed E-state index contributed by atoms with van der Waals surface area (Å²) < 4.78 is 0.458. The summed E-state index contributed by atoms with van der Waals surface area (Å²) in [7, 11) is 0. The zero-order chi connectivity index (χ0) is 8.97. The predicted molar refractivity (Wildman–Crippen MR) is 43.2 cm³/mol. The first-order valence-electron chi connectivity index (χ1n) is 3.43. The van der Waals surface area contributed by atoms with Gasteiger partial charge in [0.25, 0.3) is 0 Å². The number of nitrogens with zero attached hydrogens (tertiary/aromatic N) is 2. The molecule has 0 unspecified atom stereocenters. The maximum absolute atomic E-state index is 10.8. The van der Waals surface area contributed by atoms with Crippen LogP contribution in [0.3, 0.4) is 0 Å². The molecule has 0 amide bonds. The number of aliphatic hydroxyl groups is 1. The van der Waals surface area contributed by atoms with E-state index in [0.29, 0.717) is 17.0 Å². The van der Waals surface area contributed by atoms with Gasteiger partial charge in [-0.2, -0.15) is 0 Å². The number of nitrogens with two attached hydrogens (primary N) is 1. The average molecular weight is 170 g/mol. The average Bonchev–Trinajstić information content (AvgIpc) is 2.07. The van der Waals surface area contributed by atoms with Gasteiger partial charge in [-0.25, -0.2) is 4.73 Å². The number of aromatic nitrogens is 2. The number of anilines is 2. The molecule has 0 fully saturated rings. The van der Waals surface area contributed by atoms with Crippen LogP contribution >= 0.6 is 0 Å². The molecule has 6 nitrogen and oxygen atoms in total. The van der Waals surface area contributed by atoms with Gasteiger partial charge in [-0.3, -0.25) is 5.73 Å². The molecule has 12 heavy (non-hydrogen) atoms. The van der Waals surface area contributed by atoms with E-state index in [0.717, 1.165) is 0 Å². The molecule has 6 heteroatoms. The monoisotopic (exact) mass is 170 g/mol. The smallest absolute Gasteiger partial charge is 0.389 e. The van der Waals surface area contributed by atoms with Crippen molar-refractivity contribution in [3.05, 3.63) is 17.6 Å². The predicted octanol–water partition coefficient (Wildman–Crippen LogP) is -1.30. The van der Waals surface area contributed by atoms with E-state index in [4.69, 9.17) is 10.8 Å². The van der Waals surface area contributed by atoms with E-state index >= 15 is 0 Å². The Morgan fingerprint density at radius 3 is 3.08 bits per heavy atom. The van der Waals surface area contributed by atoms with E-state index < -0.39 is 0 Å². The zero-order valence-corrected chi connectivity index (χ0v) is 6.40. The van der Waals surface area contributed by atoms with Crippen molar-refractivity contribution in [1.82, 2.24) is 4.98 Å². The van der Waals surface area contributed by atoms with Crippen molar-refractivity contribution in [1.29, 1.82) is 0 Å². The molecule has 0 aliphatic carbocycles. The quantitative estimate of drug-likeness (QED) is 0.387. The number of hydrogen-bond acceptors (Lipinski definition) is 5. The van der Waals surface area contributed by atoms with Crippen molar-refractivity contribution in [2.24, 2.45) is 0 Å². The summed E-state index contributed by atoms with van der Waals surface area (Å²) in [5.74, 6) is -0.0930. The summed E-state index contributed by atoms with van der Waals surface area (Å²) in [6, 6.07) is 0. The third-order valence-electron chi connectivity index (χ3n) is 1.26. The van der Waals surface area contributed by atoms with Crippen LogP contribution in [0.4, 0.5) is 11.6 Å². The Kier molecular flexibility index (Phi) is 2.65. The van der Waals surface area contributed by atoms with Gasteiger partial charge in [0.15, 0.2) is 0 Å². The van der Waals surface area contributed by atoms with Crippen LogP contribution in [0.15, 0.2) is 12.4 Å². The summed E-state index contributed by atoms with van der Waals surface area (Å²) in [5.41, 5.74) is 5.71. The van der Waals surface area contributed by atoms with Gasteiger partial charge in [-0.1, -0.05) is 4.98 Å². The molecule has 1 rings (SSSR count).